The number of benzene rings is 1. The van der Waals surface area contributed by atoms with Crippen LogP contribution in [0.25, 0.3) is 0 Å². The van der Waals surface area contributed by atoms with Gasteiger partial charge < -0.3 is 5.32 Å². The molecule has 2 nitrogen and oxygen atoms in total. The Morgan fingerprint density at radius 3 is 2.60 bits per heavy atom. The van der Waals surface area contributed by atoms with Gasteiger partial charge >= 0.3 is 6.18 Å². The first kappa shape index (κ1) is 14.9. The Labute approximate surface area is 126 Å². The fourth-order valence-corrected chi connectivity index (χ4v) is 3.06. The highest BCUT2D eigenvalue weighted by Gasteiger charge is 2.33. The number of halogens is 4. The molecule has 0 fully saturated rings. The summed E-state index contributed by atoms with van der Waals surface area (Å²) in [7, 11) is 0. The van der Waals surface area contributed by atoms with Crippen LogP contribution in [0, 0.1) is 11.3 Å². The number of nitriles is 1. The Kier molecular flexibility index (Phi) is 4.35. The summed E-state index contributed by atoms with van der Waals surface area (Å²) in [6, 6.07) is 7.05. The number of nitrogens with zero attached hydrogens (tertiary/aromatic N) is 1. The van der Waals surface area contributed by atoms with Crippen LogP contribution in [-0.2, 0) is 12.7 Å². The van der Waals surface area contributed by atoms with Gasteiger partial charge in [-0.2, -0.15) is 18.4 Å². The van der Waals surface area contributed by atoms with Crippen molar-refractivity contribution in [3.63, 3.8) is 0 Å². The zero-order chi connectivity index (χ0) is 14.8. The maximum Gasteiger partial charge on any atom is 0.418 e. The van der Waals surface area contributed by atoms with E-state index in [0.29, 0.717) is 0 Å². The van der Waals surface area contributed by atoms with Crippen LogP contribution in [0.5, 0.6) is 0 Å². The third-order valence-corrected chi connectivity index (χ3v) is 4.51. The van der Waals surface area contributed by atoms with E-state index in [-0.39, 0.29) is 17.8 Å². The summed E-state index contributed by atoms with van der Waals surface area (Å²) in [6.07, 6.45) is -4.50. The molecule has 1 aromatic carbocycles. The summed E-state index contributed by atoms with van der Waals surface area (Å²) in [4.78, 5) is 0.905. The van der Waals surface area contributed by atoms with Crippen molar-refractivity contribution in [3.8, 4) is 6.07 Å². The number of rotatable bonds is 3. The van der Waals surface area contributed by atoms with Crippen molar-refractivity contribution in [2.75, 3.05) is 5.32 Å². The second-order valence-corrected chi connectivity index (χ2v) is 5.77. The first-order valence-corrected chi connectivity index (χ1v) is 7.16. The fraction of sp³-hybridized carbons (Fsp3) is 0.154. The lowest BCUT2D eigenvalue weighted by Crippen LogP contribution is -2.11. The summed E-state index contributed by atoms with van der Waals surface area (Å²) in [5.74, 6) is 0. The number of anilines is 1. The topological polar surface area (TPSA) is 35.8 Å². The molecule has 0 spiro atoms. The Morgan fingerprint density at radius 2 is 2.05 bits per heavy atom. The van der Waals surface area contributed by atoms with Crippen LogP contribution in [0.4, 0.5) is 18.9 Å². The Balaban J connectivity index is 2.28. The number of hydrogen-bond acceptors (Lipinski definition) is 3. The van der Waals surface area contributed by atoms with Crippen molar-refractivity contribution in [3.05, 3.63) is 50.1 Å². The van der Waals surface area contributed by atoms with Crippen molar-refractivity contribution in [1.29, 1.82) is 5.26 Å². The standard InChI is InChI=1S/C13H8BrF3N2S/c14-10-3-4-20-12(10)7-19-11-2-1-8(6-18)5-9(11)13(15,16)17/h1-5,19H,7H2. The van der Waals surface area contributed by atoms with Crippen LogP contribution < -0.4 is 5.32 Å². The SMILES string of the molecule is N#Cc1ccc(NCc2sccc2Br)c(C(F)(F)F)c1. The Morgan fingerprint density at radius 1 is 1.30 bits per heavy atom. The van der Waals surface area contributed by atoms with E-state index in [2.05, 4.69) is 21.2 Å². The van der Waals surface area contributed by atoms with E-state index in [1.54, 1.807) is 6.07 Å². The van der Waals surface area contributed by atoms with Gasteiger partial charge in [0.05, 0.1) is 23.7 Å². The largest absolute Gasteiger partial charge is 0.418 e. The minimum atomic E-state index is -4.50. The number of alkyl halides is 3. The first-order valence-electron chi connectivity index (χ1n) is 5.49. The molecule has 0 saturated carbocycles. The van der Waals surface area contributed by atoms with E-state index >= 15 is 0 Å². The monoisotopic (exact) mass is 360 g/mol. The molecule has 2 rings (SSSR count). The zero-order valence-electron chi connectivity index (χ0n) is 9.96. The number of hydrogen-bond donors (Lipinski definition) is 1. The molecule has 1 aromatic heterocycles. The molecule has 0 aliphatic carbocycles. The van der Waals surface area contributed by atoms with Crippen molar-refractivity contribution >= 4 is 33.0 Å². The predicted octanol–water partition coefficient (Wildman–Crippen LogP) is 5.01. The quantitative estimate of drug-likeness (QED) is 0.834. The van der Waals surface area contributed by atoms with Crippen LogP contribution in [0.15, 0.2) is 34.1 Å². The van der Waals surface area contributed by atoms with Gasteiger partial charge in [-0.05, 0) is 45.6 Å². The lowest BCUT2D eigenvalue weighted by molar-refractivity contribution is -0.137. The smallest absolute Gasteiger partial charge is 0.380 e. The molecular formula is C13H8BrF3N2S. The van der Waals surface area contributed by atoms with E-state index in [1.807, 2.05) is 11.4 Å². The van der Waals surface area contributed by atoms with Gasteiger partial charge in [-0.25, -0.2) is 0 Å². The van der Waals surface area contributed by atoms with E-state index in [9.17, 15) is 13.2 Å². The normalized spacial score (nSPS) is 11.2. The molecule has 20 heavy (non-hydrogen) atoms. The molecule has 2 aromatic rings. The van der Waals surface area contributed by atoms with Crippen molar-refractivity contribution in [1.82, 2.24) is 0 Å². The predicted molar refractivity (Wildman–Crippen MR) is 75.5 cm³/mol. The molecule has 0 amide bonds. The minimum Gasteiger partial charge on any atom is -0.380 e. The molecule has 0 aliphatic heterocycles. The molecular weight excluding hydrogens is 353 g/mol. The molecule has 0 saturated heterocycles. The van der Waals surface area contributed by atoms with E-state index < -0.39 is 11.7 Å². The highest BCUT2D eigenvalue weighted by molar-refractivity contribution is 9.10. The highest BCUT2D eigenvalue weighted by atomic mass is 79.9. The third kappa shape index (κ3) is 3.32. The van der Waals surface area contributed by atoms with Gasteiger partial charge in [0, 0.05) is 15.0 Å². The van der Waals surface area contributed by atoms with Crippen molar-refractivity contribution in [2.45, 2.75) is 12.7 Å². The highest BCUT2D eigenvalue weighted by Crippen LogP contribution is 2.36. The van der Waals surface area contributed by atoms with Crippen LogP contribution in [-0.4, -0.2) is 0 Å². The second kappa shape index (κ2) is 5.85. The van der Waals surface area contributed by atoms with Gasteiger partial charge in [0.1, 0.15) is 0 Å². The van der Waals surface area contributed by atoms with Gasteiger partial charge in [0.2, 0.25) is 0 Å². The van der Waals surface area contributed by atoms with E-state index in [4.69, 9.17) is 5.26 Å². The molecule has 0 aliphatic rings. The maximum atomic E-state index is 13.0. The average molecular weight is 361 g/mol. The summed E-state index contributed by atoms with van der Waals surface area (Å²) < 4.78 is 39.7. The summed E-state index contributed by atoms with van der Waals surface area (Å²) in [6.45, 7) is 0.285. The van der Waals surface area contributed by atoms with Crippen molar-refractivity contribution < 1.29 is 13.2 Å². The number of nitrogens with one attached hydrogen (secondary N) is 1. The van der Waals surface area contributed by atoms with Gasteiger partial charge in [0.15, 0.2) is 0 Å². The molecule has 0 atom stereocenters. The fourth-order valence-electron chi connectivity index (χ4n) is 1.63. The summed E-state index contributed by atoms with van der Waals surface area (Å²) >= 11 is 4.77. The first-order chi connectivity index (χ1) is 9.41. The van der Waals surface area contributed by atoms with Crippen LogP contribution in [0.3, 0.4) is 0 Å². The average Bonchev–Trinajstić information content (AvgIpc) is 2.80. The van der Waals surface area contributed by atoms with Gasteiger partial charge in [-0.15, -0.1) is 11.3 Å². The molecule has 104 valence electrons. The summed E-state index contributed by atoms with van der Waals surface area (Å²) in [5, 5.41) is 13.3. The van der Waals surface area contributed by atoms with E-state index in [1.165, 1.54) is 23.5 Å². The molecule has 1 heterocycles. The van der Waals surface area contributed by atoms with Crippen LogP contribution in [0.2, 0.25) is 0 Å². The van der Waals surface area contributed by atoms with Gasteiger partial charge in [0.25, 0.3) is 0 Å². The minimum absolute atomic E-state index is 0.0137. The van der Waals surface area contributed by atoms with Gasteiger partial charge in [-0.3, -0.25) is 0 Å². The molecule has 1 N–H and O–H groups in total. The van der Waals surface area contributed by atoms with Crippen LogP contribution in [0.1, 0.15) is 16.0 Å². The molecule has 0 unspecified atom stereocenters. The lowest BCUT2D eigenvalue weighted by Gasteiger charge is -2.14. The molecule has 0 bridgehead atoms. The van der Waals surface area contributed by atoms with Crippen LogP contribution >= 0.6 is 27.3 Å². The zero-order valence-corrected chi connectivity index (χ0v) is 12.4. The Bertz CT molecular complexity index is 658. The van der Waals surface area contributed by atoms with Gasteiger partial charge in [-0.1, -0.05) is 0 Å². The third-order valence-electron chi connectivity index (χ3n) is 2.58. The maximum absolute atomic E-state index is 13.0. The van der Waals surface area contributed by atoms with E-state index in [0.717, 1.165) is 15.4 Å². The number of thiophene rings is 1. The summed E-state index contributed by atoms with van der Waals surface area (Å²) in [5.41, 5.74) is -0.874. The lowest BCUT2D eigenvalue weighted by atomic mass is 10.1. The van der Waals surface area contributed by atoms with Crippen molar-refractivity contribution in [2.24, 2.45) is 0 Å². The second-order valence-electron chi connectivity index (χ2n) is 3.92. The molecule has 0 radical (unpaired) electrons. The Hall–Kier alpha value is -1.52. The molecule has 7 heteroatoms.